The minimum atomic E-state index is -4.57. The molecule has 10 heteroatoms. The van der Waals surface area contributed by atoms with E-state index in [0.29, 0.717) is 11.8 Å². The van der Waals surface area contributed by atoms with Crippen molar-refractivity contribution in [1.82, 2.24) is 9.97 Å². The second kappa shape index (κ2) is 7.46. The van der Waals surface area contributed by atoms with Crippen molar-refractivity contribution in [1.29, 1.82) is 0 Å². The summed E-state index contributed by atoms with van der Waals surface area (Å²) in [4.78, 5) is 23.9. The van der Waals surface area contributed by atoms with Crippen LogP contribution in [0.4, 0.5) is 41.1 Å². The van der Waals surface area contributed by atoms with Crippen LogP contribution in [0.2, 0.25) is 0 Å². The number of hydrogen-bond acceptors (Lipinski definition) is 5. The van der Waals surface area contributed by atoms with Crippen molar-refractivity contribution >= 4 is 29.2 Å². The molecule has 0 fully saturated rings. The largest absolute Gasteiger partial charge is 0.418 e. The van der Waals surface area contributed by atoms with Gasteiger partial charge in [-0.1, -0.05) is 12.1 Å². The Morgan fingerprint density at radius 1 is 1.00 bits per heavy atom. The number of amides is 2. The lowest BCUT2D eigenvalue weighted by atomic mass is 10.1. The minimum Gasteiger partial charge on any atom is -0.361 e. The standard InChI is InChI=1S/C16H19F3N6O/c1-24(2)13-12(9-20-14(23-13)25(3)4)22-15(26)21-11-8-6-5-7-10(11)16(17,18)19/h5-9H,1-4H3,(H2,21,22,26). The van der Waals surface area contributed by atoms with Crippen LogP contribution in [0, 0.1) is 0 Å². The molecule has 0 radical (unpaired) electrons. The maximum atomic E-state index is 13.0. The Balaban J connectivity index is 2.24. The summed E-state index contributed by atoms with van der Waals surface area (Å²) < 4.78 is 39.0. The summed E-state index contributed by atoms with van der Waals surface area (Å²) >= 11 is 0. The quantitative estimate of drug-likeness (QED) is 0.867. The molecule has 26 heavy (non-hydrogen) atoms. The fraction of sp³-hybridized carbons (Fsp3) is 0.312. The molecule has 7 nitrogen and oxygen atoms in total. The molecule has 140 valence electrons. The number of benzene rings is 1. The Kier molecular flexibility index (Phi) is 5.53. The second-order valence-corrected chi connectivity index (χ2v) is 5.82. The van der Waals surface area contributed by atoms with Gasteiger partial charge in [-0.05, 0) is 12.1 Å². The summed E-state index contributed by atoms with van der Waals surface area (Å²) in [7, 11) is 6.99. The van der Waals surface area contributed by atoms with Gasteiger partial charge in [0.25, 0.3) is 0 Å². The zero-order chi connectivity index (χ0) is 19.5. The summed E-state index contributed by atoms with van der Waals surface area (Å²) in [5.74, 6) is 0.852. The number of hydrogen-bond donors (Lipinski definition) is 2. The molecule has 0 aliphatic carbocycles. The van der Waals surface area contributed by atoms with Crippen LogP contribution in [0.15, 0.2) is 30.5 Å². The SMILES string of the molecule is CN(C)c1ncc(NC(=O)Nc2ccccc2C(F)(F)F)c(N(C)C)n1. The highest BCUT2D eigenvalue weighted by Gasteiger charge is 2.33. The van der Waals surface area contributed by atoms with E-state index in [2.05, 4.69) is 20.6 Å². The first-order valence-electron chi connectivity index (χ1n) is 7.55. The molecule has 2 aromatic rings. The van der Waals surface area contributed by atoms with Gasteiger partial charge in [0.15, 0.2) is 5.82 Å². The molecule has 2 N–H and O–H groups in total. The zero-order valence-electron chi connectivity index (χ0n) is 14.7. The van der Waals surface area contributed by atoms with Gasteiger partial charge in [0.05, 0.1) is 17.4 Å². The predicted octanol–water partition coefficient (Wildman–Crippen LogP) is 3.27. The number of halogens is 3. The first kappa shape index (κ1) is 19.3. The Morgan fingerprint density at radius 2 is 1.62 bits per heavy atom. The fourth-order valence-electron chi connectivity index (χ4n) is 2.12. The van der Waals surface area contributed by atoms with E-state index in [1.54, 1.807) is 38.0 Å². The maximum Gasteiger partial charge on any atom is 0.418 e. The van der Waals surface area contributed by atoms with Gasteiger partial charge in [0.2, 0.25) is 5.95 Å². The van der Waals surface area contributed by atoms with E-state index in [9.17, 15) is 18.0 Å². The van der Waals surface area contributed by atoms with Gasteiger partial charge in [0.1, 0.15) is 5.69 Å². The third-order valence-electron chi connectivity index (χ3n) is 3.31. The minimum absolute atomic E-state index is 0.266. The highest BCUT2D eigenvalue weighted by atomic mass is 19.4. The average Bonchev–Trinajstić information content (AvgIpc) is 2.54. The van der Waals surface area contributed by atoms with Crippen LogP contribution in [0.25, 0.3) is 0 Å². The number of carbonyl (C=O) groups is 1. The molecular weight excluding hydrogens is 349 g/mol. The number of para-hydroxylation sites is 1. The lowest BCUT2D eigenvalue weighted by molar-refractivity contribution is -0.136. The van der Waals surface area contributed by atoms with E-state index in [1.165, 1.54) is 24.4 Å². The molecule has 0 saturated carbocycles. The van der Waals surface area contributed by atoms with E-state index < -0.39 is 17.8 Å². The van der Waals surface area contributed by atoms with Crippen LogP contribution in [-0.4, -0.2) is 44.2 Å². The highest BCUT2D eigenvalue weighted by molar-refractivity contribution is 6.01. The zero-order valence-corrected chi connectivity index (χ0v) is 14.7. The summed E-state index contributed by atoms with van der Waals surface area (Å²) in [5.41, 5.74) is -1.00. The van der Waals surface area contributed by atoms with E-state index in [4.69, 9.17) is 0 Å². The number of rotatable bonds is 4. The topological polar surface area (TPSA) is 73.4 Å². The van der Waals surface area contributed by atoms with Gasteiger partial charge < -0.3 is 20.4 Å². The molecule has 0 saturated heterocycles. The Hall–Kier alpha value is -3.04. The number of nitrogens with one attached hydrogen (secondary N) is 2. The molecule has 0 unspecified atom stereocenters. The predicted molar refractivity (Wildman–Crippen MR) is 94.8 cm³/mol. The van der Waals surface area contributed by atoms with Gasteiger partial charge in [0, 0.05) is 28.2 Å². The van der Waals surface area contributed by atoms with Crippen molar-refractivity contribution in [3.63, 3.8) is 0 Å². The molecule has 0 spiro atoms. The van der Waals surface area contributed by atoms with Crippen molar-refractivity contribution in [2.45, 2.75) is 6.18 Å². The van der Waals surface area contributed by atoms with Gasteiger partial charge in [-0.2, -0.15) is 18.2 Å². The molecule has 0 atom stereocenters. The molecule has 2 amide bonds. The van der Waals surface area contributed by atoms with Crippen molar-refractivity contribution < 1.29 is 18.0 Å². The van der Waals surface area contributed by atoms with Crippen LogP contribution in [-0.2, 0) is 6.18 Å². The molecule has 0 bridgehead atoms. The van der Waals surface area contributed by atoms with Crippen LogP contribution in [0.5, 0.6) is 0 Å². The first-order valence-corrected chi connectivity index (χ1v) is 7.55. The lowest BCUT2D eigenvalue weighted by Crippen LogP contribution is -2.24. The Labute approximate surface area is 148 Å². The lowest BCUT2D eigenvalue weighted by Gasteiger charge is -2.20. The van der Waals surface area contributed by atoms with Gasteiger partial charge in [-0.15, -0.1) is 0 Å². The van der Waals surface area contributed by atoms with E-state index in [0.717, 1.165) is 6.07 Å². The molecule has 1 aromatic heterocycles. The first-order chi connectivity index (χ1) is 12.1. The van der Waals surface area contributed by atoms with Crippen LogP contribution in [0.3, 0.4) is 0 Å². The number of carbonyl (C=O) groups excluding carboxylic acids is 1. The average molecular weight is 368 g/mol. The van der Waals surface area contributed by atoms with Crippen molar-refractivity contribution in [2.75, 3.05) is 48.6 Å². The highest BCUT2D eigenvalue weighted by Crippen LogP contribution is 2.34. The number of urea groups is 1. The molecule has 0 aliphatic rings. The second-order valence-electron chi connectivity index (χ2n) is 5.82. The van der Waals surface area contributed by atoms with Gasteiger partial charge >= 0.3 is 12.2 Å². The number of anilines is 4. The Morgan fingerprint density at radius 3 is 2.19 bits per heavy atom. The van der Waals surface area contributed by atoms with Crippen molar-refractivity contribution in [3.8, 4) is 0 Å². The maximum absolute atomic E-state index is 13.0. The number of nitrogens with zero attached hydrogens (tertiary/aromatic N) is 4. The normalized spacial score (nSPS) is 11.0. The summed E-state index contributed by atoms with van der Waals surface area (Å²) in [6, 6.07) is 3.91. The fourth-order valence-corrected chi connectivity index (χ4v) is 2.12. The molecular formula is C16H19F3N6O. The van der Waals surface area contributed by atoms with Crippen LogP contribution in [0.1, 0.15) is 5.56 Å². The number of alkyl halides is 3. The van der Waals surface area contributed by atoms with Crippen LogP contribution >= 0.6 is 0 Å². The summed E-state index contributed by atoms with van der Waals surface area (Å²) in [5, 5.41) is 4.70. The monoisotopic (exact) mass is 368 g/mol. The van der Waals surface area contributed by atoms with Crippen LogP contribution < -0.4 is 20.4 Å². The van der Waals surface area contributed by atoms with Crippen molar-refractivity contribution in [3.05, 3.63) is 36.0 Å². The number of aromatic nitrogens is 2. The summed E-state index contributed by atoms with van der Waals surface area (Å²) in [6.07, 6.45) is -3.18. The smallest absolute Gasteiger partial charge is 0.361 e. The molecule has 1 aromatic carbocycles. The molecule has 0 aliphatic heterocycles. The molecule has 1 heterocycles. The van der Waals surface area contributed by atoms with E-state index in [1.807, 2.05) is 0 Å². The third kappa shape index (κ3) is 4.52. The van der Waals surface area contributed by atoms with E-state index in [-0.39, 0.29) is 11.4 Å². The Bertz CT molecular complexity index is 792. The van der Waals surface area contributed by atoms with Gasteiger partial charge in [-0.25, -0.2) is 9.78 Å². The van der Waals surface area contributed by atoms with E-state index >= 15 is 0 Å². The van der Waals surface area contributed by atoms with Gasteiger partial charge in [-0.3, -0.25) is 0 Å². The summed E-state index contributed by atoms with van der Waals surface area (Å²) in [6.45, 7) is 0. The van der Waals surface area contributed by atoms with Crippen molar-refractivity contribution in [2.24, 2.45) is 0 Å². The molecule has 2 rings (SSSR count). The third-order valence-corrected chi connectivity index (χ3v) is 3.31.